The van der Waals surface area contributed by atoms with Gasteiger partial charge in [0, 0.05) is 4.47 Å². The molecule has 2 unspecified atom stereocenters. The third kappa shape index (κ3) is 3.86. The number of methoxy groups -OCH3 is 3. The number of ether oxygens (including phenoxy) is 3. The highest BCUT2D eigenvalue weighted by Crippen LogP contribution is 2.37. The average Bonchev–Trinajstić information content (AvgIpc) is 2.45. The zero-order valence-corrected chi connectivity index (χ0v) is 13.6. The Hall–Kier alpha value is -1.27. The van der Waals surface area contributed by atoms with Gasteiger partial charge in [0.05, 0.1) is 33.4 Å². The van der Waals surface area contributed by atoms with Crippen LogP contribution in [0.1, 0.15) is 25.0 Å². The molecule has 1 N–H and O–H groups in total. The van der Waals surface area contributed by atoms with Crippen molar-refractivity contribution in [1.29, 1.82) is 0 Å². The molecule has 1 aromatic rings. The molecular formula is C14H19BrO5. The summed E-state index contributed by atoms with van der Waals surface area (Å²) in [6.07, 6.45) is -0.543. The van der Waals surface area contributed by atoms with E-state index in [2.05, 4.69) is 20.7 Å². The van der Waals surface area contributed by atoms with Crippen LogP contribution >= 0.6 is 15.9 Å². The smallest absolute Gasteiger partial charge is 0.308 e. The molecule has 0 spiro atoms. The van der Waals surface area contributed by atoms with Crippen LogP contribution in [-0.4, -0.2) is 32.4 Å². The molecule has 112 valence electrons. The van der Waals surface area contributed by atoms with Crippen LogP contribution in [0.25, 0.3) is 0 Å². The maximum absolute atomic E-state index is 11.4. The van der Waals surface area contributed by atoms with Gasteiger partial charge in [0.25, 0.3) is 0 Å². The molecule has 0 bridgehead atoms. The van der Waals surface area contributed by atoms with Gasteiger partial charge in [-0.2, -0.15) is 0 Å². The molecule has 2 atom stereocenters. The molecular weight excluding hydrogens is 328 g/mol. The second-order valence-corrected chi connectivity index (χ2v) is 5.26. The summed E-state index contributed by atoms with van der Waals surface area (Å²) in [4.78, 5) is 11.4. The van der Waals surface area contributed by atoms with Gasteiger partial charge in [0.2, 0.25) is 0 Å². The molecule has 0 aliphatic heterocycles. The van der Waals surface area contributed by atoms with E-state index in [4.69, 9.17) is 9.47 Å². The molecule has 0 saturated carbocycles. The lowest BCUT2D eigenvalue weighted by molar-refractivity contribution is -0.145. The van der Waals surface area contributed by atoms with Gasteiger partial charge in [-0.3, -0.25) is 4.79 Å². The Kier molecular flexibility index (Phi) is 6.29. The lowest BCUT2D eigenvalue weighted by Gasteiger charge is -2.18. The molecule has 5 nitrogen and oxygen atoms in total. The molecule has 0 radical (unpaired) electrons. The summed E-state index contributed by atoms with van der Waals surface area (Å²) in [5.41, 5.74) is 0.637. The van der Waals surface area contributed by atoms with Gasteiger partial charge in [-0.05, 0) is 24.1 Å². The first-order valence-electron chi connectivity index (χ1n) is 6.11. The standard InChI is InChI=1S/C14H19BrO5/c1-8(14(17)20-4)5-11(16)9-6-12(18-2)13(19-3)7-10(9)15/h6-8,11,16H,5H2,1-4H3. The van der Waals surface area contributed by atoms with Crippen LogP contribution in [-0.2, 0) is 9.53 Å². The summed E-state index contributed by atoms with van der Waals surface area (Å²) < 4.78 is 15.7. The number of esters is 1. The lowest BCUT2D eigenvalue weighted by Crippen LogP contribution is -2.16. The number of aliphatic hydroxyl groups is 1. The van der Waals surface area contributed by atoms with Crippen LogP contribution < -0.4 is 9.47 Å². The maximum atomic E-state index is 11.4. The summed E-state index contributed by atoms with van der Waals surface area (Å²) in [6, 6.07) is 3.41. The number of benzene rings is 1. The van der Waals surface area contributed by atoms with Gasteiger partial charge in [0.15, 0.2) is 11.5 Å². The van der Waals surface area contributed by atoms with Crippen LogP contribution in [0.2, 0.25) is 0 Å². The molecule has 0 aliphatic carbocycles. The molecule has 0 fully saturated rings. The fourth-order valence-electron chi connectivity index (χ4n) is 1.88. The number of halogens is 1. The van der Waals surface area contributed by atoms with Crippen molar-refractivity contribution in [2.24, 2.45) is 5.92 Å². The van der Waals surface area contributed by atoms with Crippen molar-refractivity contribution in [3.63, 3.8) is 0 Å². The minimum absolute atomic E-state index is 0.265. The highest BCUT2D eigenvalue weighted by Gasteiger charge is 2.22. The zero-order valence-electron chi connectivity index (χ0n) is 12.0. The van der Waals surface area contributed by atoms with Crippen molar-refractivity contribution in [1.82, 2.24) is 0 Å². The normalized spacial score (nSPS) is 13.5. The summed E-state index contributed by atoms with van der Waals surface area (Å²) in [5, 5.41) is 10.3. The Morgan fingerprint density at radius 3 is 2.30 bits per heavy atom. The average molecular weight is 347 g/mol. The first-order valence-corrected chi connectivity index (χ1v) is 6.91. The minimum Gasteiger partial charge on any atom is -0.493 e. The number of hydrogen-bond donors (Lipinski definition) is 1. The highest BCUT2D eigenvalue weighted by atomic mass is 79.9. The third-order valence-electron chi connectivity index (χ3n) is 3.04. The Balaban J connectivity index is 2.98. The van der Waals surface area contributed by atoms with Crippen molar-refractivity contribution < 1.29 is 24.1 Å². The predicted molar refractivity (Wildman–Crippen MR) is 78.0 cm³/mol. The van der Waals surface area contributed by atoms with Crippen LogP contribution in [0, 0.1) is 5.92 Å². The van der Waals surface area contributed by atoms with E-state index in [1.54, 1.807) is 26.2 Å². The maximum Gasteiger partial charge on any atom is 0.308 e. The van der Waals surface area contributed by atoms with Gasteiger partial charge in [-0.25, -0.2) is 0 Å². The second-order valence-electron chi connectivity index (χ2n) is 4.40. The van der Waals surface area contributed by atoms with Gasteiger partial charge in [-0.1, -0.05) is 22.9 Å². The van der Waals surface area contributed by atoms with Crippen molar-refractivity contribution in [3.8, 4) is 11.5 Å². The minimum atomic E-state index is -0.807. The lowest BCUT2D eigenvalue weighted by atomic mass is 9.98. The Morgan fingerprint density at radius 2 is 1.80 bits per heavy atom. The molecule has 0 amide bonds. The Labute approximate surface area is 127 Å². The molecule has 1 rings (SSSR count). The van der Waals surface area contributed by atoms with E-state index in [0.29, 0.717) is 21.5 Å². The van der Waals surface area contributed by atoms with Gasteiger partial charge in [-0.15, -0.1) is 0 Å². The monoisotopic (exact) mass is 346 g/mol. The van der Waals surface area contributed by atoms with E-state index < -0.39 is 12.0 Å². The van der Waals surface area contributed by atoms with E-state index in [9.17, 15) is 9.90 Å². The summed E-state index contributed by atoms with van der Waals surface area (Å²) >= 11 is 3.38. The van der Waals surface area contributed by atoms with Crippen molar-refractivity contribution in [3.05, 3.63) is 22.2 Å². The van der Waals surface area contributed by atoms with Crippen LogP contribution in [0.3, 0.4) is 0 Å². The Morgan fingerprint density at radius 1 is 1.25 bits per heavy atom. The fourth-order valence-corrected chi connectivity index (χ4v) is 2.47. The predicted octanol–water partition coefficient (Wildman–Crippen LogP) is 2.70. The van der Waals surface area contributed by atoms with Crippen LogP contribution in [0.15, 0.2) is 16.6 Å². The SMILES string of the molecule is COC(=O)C(C)CC(O)c1cc(OC)c(OC)cc1Br. The highest BCUT2D eigenvalue weighted by molar-refractivity contribution is 9.10. The molecule has 0 heterocycles. The first-order chi connectivity index (χ1) is 9.44. The van der Waals surface area contributed by atoms with Crippen molar-refractivity contribution in [2.45, 2.75) is 19.4 Å². The Bertz CT molecular complexity index is 475. The number of rotatable bonds is 6. The van der Waals surface area contributed by atoms with Gasteiger partial charge < -0.3 is 19.3 Å². The summed E-state index contributed by atoms with van der Waals surface area (Å²) in [6.45, 7) is 1.71. The number of carbonyl (C=O) groups is 1. The quantitative estimate of drug-likeness (QED) is 0.802. The molecule has 0 aromatic heterocycles. The number of carbonyl (C=O) groups excluding carboxylic acids is 1. The van der Waals surface area contributed by atoms with Gasteiger partial charge in [0.1, 0.15) is 0 Å². The summed E-state index contributed by atoms with van der Waals surface area (Å²) in [5.74, 6) is 0.349. The molecule has 6 heteroatoms. The zero-order chi connectivity index (χ0) is 15.3. The van der Waals surface area contributed by atoms with Crippen LogP contribution in [0.4, 0.5) is 0 Å². The molecule has 0 aliphatic rings. The largest absolute Gasteiger partial charge is 0.493 e. The summed E-state index contributed by atoms with van der Waals surface area (Å²) in [7, 11) is 4.40. The van der Waals surface area contributed by atoms with Crippen molar-refractivity contribution >= 4 is 21.9 Å². The van der Waals surface area contributed by atoms with E-state index in [1.807, 2.05) is 0 Å². The van der Waals surface area contributed by atoms with Crippen LogP contribution in [0.5, 0.6) is 11.5 Å². The number of aliphatic hydroxyl groups excluding tert-OH is 1. The topological polar surface area (TPSA) is 65.0 Å². The second kappa shape index (κ2) is 7.50. The van der Waals surface area contributed by atoms with E-state index in [-0.39, 0.29) is 12.4 Å². The van der Waals surface area contributed by atoms with Crippen molar-refractivity contribution in [2.75, 3.05) is 21.3 Å². The first kappa shape index (κ1) is 16.8. The van der Waals surface area contributed by atoms with E-state index in [0.717, 1.165) is 0 Å². The fraction of sp³-hybridized carbons (Fsp3) is 0.500. The van der Waals surface area contributed by atoms with Gasteiger partial charge >= 0.3 is 5.97 Å². The molecule has 0 saturated heterocycles. The van der Waals surface area contributed by atoms with E-state index >= 15 is 0 Å². The third-order valence-corrected chi connectivity index (χ3v) is 3.73. The number of hydrogen-bond acceptors (Lipinski definition) is 5. The molecule has 1 aromatic carbocycles. The molecule has 20 heavy (non-hydrogen) atoms. The van der Waals surface area contributed by atoms with E-state index in [1.165, 1.54) is 14.2 Å².